The highest BCUT2D eigenvalue weighted by Gasteiger charge is 2.24. The van der Waals surface area contributed by atoms with Crippen LogP contribution in [0.1, 0.15) is 18.4 Å². The third-order valence-electron chi connectivity index (χ3n) is 3.00. The number of amidine groups is 1. The molecule has 0 amide bonds. The van der Waals surface area contributed by atoms with Gasteiger partial charge in [-0.3, -0.25) is 10.1 Å². The average molecular weight is 282 g/mol. The van der Waals surface area contributed by atoms with E-state index in [0.717, 1.165) is 18.4 Å². The van der Waals surface area contributed by atoms with Gasteiger partial charge in [-0.2, -0.15) is 12.7 Å². The first-order valence-electron chi connectivity index (χ1n) is 6.17. The van der Waals surface area contributed by atoms with Crippen molar-refractivity contribution in [3.8, 4) is 0 Å². The molecule has 0 aromatic heterocycles. The van der Waals surface area contributed by atoms with Gasteiger partial charge < -0.3 is 5.73 Å². The molecule has 0 saturated carbocycles. The van der Waals surface area contributed by atoms with Gasteiger partial charge in [0.1, 0.15) is 0 Å². The fraction of sp³-hybridized carbons (Fsp3) is 0.417. The molecule has 7 heteroatoms. The molecule has 1 heterocycles. The fourth-order valence-electron chi connectivity index (χ4n) is 2.05. The molecule has 1 fully saturated rings. The van der Waals surface area contributed by atoms with E-state index in [0.29, 0.717) is 25.2 Å². The molecule has 0 aliphatic carbocycles. The van der Waals surface area contributed by atoms with Gasteiger partial charge in [-0.05, 0) is 30.5 Å². The van der Waals surface area contributed by atoms with E-state index >= 15 is 0 Å². The molecule has 0 unspecified atom stereocenters. The number of nitrogens with one attached hydrogen (secondary N) is 2. The summed E-state index contributed by atoms with van der Waals surface area (Å²) in [5.41, 5.74) is 6.72. The SMILES string of the molecule is N=C(N)Cc1ccc(NS(=O)(=O)N2CCCC2)cc1. The Bertz CT molecular complexity index is 548. The van der Waals surface area contributed by atoms with Gasteiger partial charge in [-0.1, -0.05) is 12.1 Å². The third kappa shape index (κ3) is 3.68. The first-order chi connectivity index (χ1) is 8.97. The van der Waals surface area contributed by atoms with Gasteiger partial charge in [0, 0.05) is 25.2 Å². The highest BCUT2D eigenvalue weighted by atomic mass is 32.2. The average Bonchev–Trinajstić information content (AvgIpc) is 2.85. The second-order valence-electron chi connectivity index (χ2n) is 4.61. The zero-order valence-electron chi connectivity index (χ0n) is 10.6. The quantitative estimate of drug-likeness (QED) is 0.553. The Morgan fingerprint density at radius 2 is 1.84 bits per heavy atom. The predicted molar refractivity (Wildman–Crippen MR) is 75.4 cm³/mol. The van der Waals surface area contributed by atoms with Crippen LogP contribution in [0.5, 0.6) is 0 Å². The van der Waals surface area contributed by atoms with E-state index in [4.69, 9.17) is 11.1 Å². The van der Waals surface area contributed by atoms with Crippen molar-refractivity contribution in [1.29, 1.82) is 5.41 Å². The largest absolute Gasteiger partial charge is 0.387 e. The minimum Gasteiger partial charge on any atom is -0.387 e. The summed E-state index contributed by atoms with van der Waals surface area (Å²) >= 11 is 0. The van der Waals surface area contributed by atoms with Crippen LogP contribution in [-0.2, 0) is 16.6 Å². The molecule has 0 radical (unpaired) electrons. The first-order valence-corrected chi connectivity index (χ1v) is 7.61. The van der Waals surface area contributed by atoms with Crippen LogP contribution in [-0.4, -0.2) is 31.6 Å². The summed E-state index contributed by atoms with van der Waals surface area (Å²) in [5.74, 6) is 0.0883. The van der Waals surface area contributed by atoms with Crippen LogP contribution in [0, 0.1) is 5.41 Å². The van der Waals surface area contributed by atoms with Crippen LogP contribution in [0.15, 0.2) is 24.3 Å². The number of benzene rings is 1. The van der Waals surface area contributed by atoms with Crippen LogP contribution < -0.4 is 10.5 Å². The fourth-order valence-corrected chi connectivity index (χ4v) is 3.35. The smallest absolute Gasteiger partial charge is 0.301 e. The molecule has 19 heavy (non-hydrogen) atoms. The van der Waals surface area contributed by atoms with E-state index in [1.54, 1.807) is 24.3 Å². The lowest BCUT2D eigenvalue weighted by molar-refractivity contribution is 0.482. The van der Waals surface area contributed by atoms with Crippen molar-refractivity contribution in [2.45, 2.75) is 19.3 Å². The Hall–Kier alpha value is -1.60. The molecular weight excluding hydrogens is 264 g/mol. The second-order valence-corrected chi connectivity index (χ2v) is 6.28. The monoisotopic (exact) mass is 282 g/mol. The summed E-state index contributed by atoms with van der Waals surface area (Å²) in [7, 11) is -3.43. The number of rotatable bonds is 5. The summed E-state index contributed by atoms with van der Waals surface area (Å²) in [4.78, 5) is 0. The van der Waals surface area contributed by atoms with Crippen LogP contribution in [0.3, 0.4) is 0 Å². The Balaban J connectivity index is 2.04. The molecule has 1 aliphatic rings. The number of anilines is 1. The maximum atomic E-state index is 12.0. The number of hydrogen-bond donors (Lipinski definition) is 3. The van der Waals surface area contributed by atoms with E-state index in [1.165, 1.54) is 4.31 Å². The van der Waals surface area contributed by atoms with Crippen molar-refractivity contribution in [3.05, 3.63) is 29.8 Å². The van der Waals surface area contributed by atoms with Crippen molar-refractivity contribution in [2.75, 3.05) is 17.8 Å². The van der Waals surface area contributed by atoms with E-state index in [-0.39, 0.29) is 5.84 Å². The van der Waals surface area contributed by atoms with Crippen molar-refractivity contribution < 1.29 is 8.42 Å². The van der Waals surface area contributed by atoms with Gasteiger partial charge in [0.15, 0.2) is 0 Å². The van der Waals surface area contributed by atoms with Gasteiger partial charge >= 0.3 is 10.2 Å². The van der Waals surface area contributed by atoms with Crippen molar-refractivity contribution in [2.24, 2.45) is 5.73 Å². The van der Waals surface area contributed by atoms with Gasteiger partial charge in [-0.25, -0.2) is 0 Å². The van der Waals surface area contributed by atoms with Crippen molar-refractivity contribution in [3.63, 3.8) is 0 Å². The zero-order chi connectivity index (χ0) is 13.9. The number of nitrogens with two attached hydrogens (primary N) is 1. The Kier molecular flexibility index (Phi) is 4.06. The molecule has 1 aromatic carbocycles. The minimum atomic E-state index is -3.43. The van der Waals surface area contributed by atoms with Crippen molar-refractivity contribution >= 4 is 21.7 Å². The van der Waals surface area contributed by atoms with Crippen LogP contribution >= 0.6 is 0 Å². The summed E-state index contributed by atoms with van der Waals surface area (Å²) in [6.07, 6.45) is 2.20. The molecule has 0 bridgehead atoms. The molecule has 0 atom stereocenters. The zero-order valence-corrected chi connectivity index (χ0v) is 11.4. The van der Waals surface area contributed by atoms with Crippen LogP contribution in [0.4, 0.5) is 5.69 Å². The molecule has 4 N–H and O–H groups in total. The molecule has 2 rings (SSSR count). The molecule has 1 aromatic rings. The Morgan fingerprint density at radius 1 is 1.26 bits per heavy atom. The summed E-state index contributed by atoms with van der Waals surface area (Å²) in [5, 5.41) is 7.20. The molecular formula is C12H18N4O2S. The summed E-state index contributed by atoms with van der Waals surface area (Å²) < 4.78 is 28.1. The van der Waals surface area contributed by atoms with E-state index in [1.807, 2.05) is 0 Å². The Labute approximate surface area is 113 Å². The lowest BCUT2D eigenvalue weighted by Crippen LogP contribution is -2.33. The lowest BCUT2D eigenvalue weighted by Gasteiger charge is -2.16. The van der Waals surface area contributed by atoms with Gasteiger partial charge in [0.2, 0.25) is 0 Å². The molecule has 0 spiro atoms. The second kappa shape index (κ2) is 5.58. The molecule has 1 aliphatic heterocycles. The summed E-state index contributed by atoms with van der Waals surface area (Å²) in [6.45, 7) is 1.16. The standard InChI is InChI=1S/C12H18N4O2S/c13-12(14)9-10-3-5-11(6-4-10)15-19(17,18)16-7-1-2-8-16/h3-6,15H,1-2,7-9H2,(H3,13,14). The van der Waals surface area contributed by atoms with Crippen molar-refractivity contribution in [1.82, 2.24) is 4.31 Å². The number of nitrogens with zero attached hydrogens (tertiary/aromatic N) is 1. The van der Waals surface area contributed by atoms with Gasteiger partial charge in [0.25, 0.3) is 0 Å². The van der Waals surface area contributed by atoms with Crippen LogP contribution in [0.2, 0.25) is 0 Å². The normalized spacial score (nSPS) is 16.4. The Morgan fingerprint density at radius 3 is 2.37 bits per heavy atom. The topological polar surface area (TPSA) is 99.3 Å². The van der Waals surface area contributed by atoms with Crippen LogP contribution in [0.25, 0.3) is 0 Å². The number of hydrogen-bond acceptors (Lipinski definition) is 3. The minimum absolute atomic E-state index is 0.0883. The maximum Gasteiger partial charge on any atom is 0.301 e. The lowest BCUT2D eigenvalue weighted by atomic mass is 10.1. The first kappa shape index (κ1) is 13.8. The van der Waals surface area contributed by atoms with Gasteiger partial charge in [-0.15, -0.1) is 0 Å². The van der Waals surface area contributed by atoms with Gasteiger partial charge in [0.05, 0.1) is 5.84 Å². The van der Waals surface area contributed by atoms with E-state index in [9.17, 15) is 8.42 Å². The molecule has 6 nitrogen and oxygen atoms in total. The predicted octanol–water partition coefficient (Wildman–Crippen LogP) is 0.918. The third-order valence-corrected chi connectivity index (χ3v) is 4.54. The summed E-state index contributed by atoms with van der Waals surface area (Å²) in [6, 6.07) is 6.91. The highest BCUT2D eigenvalue weighted by molar-refractivity contribution is 7.90. The van der Waals surface area contributed by atoms with E-state index in [2.05, 4.69) is 4.72 Å². The maximum absolute atomic E-state index is 12.0. The molecule has 1 saturated heterocycles. The molecule has 104 valence electrons. The highest BCUT2D eigenvalue weighted by Crippen LogP contribution is 2.17. The van der Waals surface area contributed by atoms with E-state index < -0.39 is 10.2 Å².